The van der Waals surface area contributed by atoms with Gasteiger partial charge in [-0.1, -0.05) is 6.92 Å². The third-order valence-corrected chi connectivity index (χ3v) is 3.27. The van der Waals surface area contributed by atoms with E-state index in [1.165, 1.54) is 31.4 Å². The van der Waals surface area contributed by atoms with Crippen molar-refractivity contribution in [3.05, 3.63) is 18.0 Å². The summed E-state index contributed by atoms with van der Waals surface area (Å²) < 4.78 is 1.90. The molecule has 1 fully saturated rings. The number of rotatable bonds is 4. The zero-order valence-electron chi connectivity index (χ0n) is 9.74. The first kappa shape index (κ1) is 10.7. The molecule has 0 aliphatic heterocycles. The van der Waals surface area contributed by atoms with Gasteiger partial charge in [0.1, 0.15) is 0 Å². The Kier molecular flexibility index (Phi) is 3.41. The van der Waals surface area contributed by atoms with Gasteiger partial charge in [0.05, 0.1) is 5.69 Å². The molecule has 0 amide bonds. The Hall–Kier alpha value is -0.830. The lowest BCUT2D eigenvalue weighted by Gasteiger charge is -2.11. The summed E-state index contributed by atoms with van der Waals surface area (Å²) in [5, 5.41) is 8.10. The molecule has 0 saturated heterocycles. The van der Waals surface area contributed by atoms with Crippen molar-refractivity contribution in [2.45, 2.75) is 44.6 Å². The van der Waals surface area contributed by atoms with Crippen LogP contribution in [0.1, 0.15) is 44.2 Å². The van der Waals surface area contributed by atoms with E-state index in [4.69, 9.17) is 0 Å². The van der Waals surface area contributed by atoms with Gasteiger partial charge < -0.3 is 5.32 Å². The van der Waals surface area contributed by atoms with Gasteiger partial charge in [0, 0.05) is 25.2 Å². The van der Waals surface area contributed by atoms with E-state index in [1.807, 2.05) is 17.9 Å². The minimum atomic E-state index is 0.681. The minimum Gasteiger partial charge on any atom is -0.314 e. The number of nitrogens with one attached hydrogen (secondary N) is 1. The summed E-state index contributed by atoms with van der Waals surface area (Å²) in [4.78, 5) is 0. The molecule has 3 heteroatoms. The number of hydrogen-bond acceptors (Lipinski definition) is 2. The molecule has 0 bridgehead atoms. The molecule has 1 aromatic rings. The van der Waals surface area contributed by atoms with Crippen LogP contribution in [0.15, 0.2) is 12.3 Å². The first-order valence-corrected chi connectivity index (χ1v) is 6.02. The Bertz CT molecular complexity index is 306. The minimum absolute atomic E-state index is 0.681. The molecule has 15 heavy (non-hydrogen) atoms. The monoisotopic (exact) mass is 207 g/mol. The van der Waals surface area contributed by atoms with Gasteiger partial charge in [0.25, 0.3) is 0 Å². The number of nitrogens with zero attached hydrogens (tertiary/aromatic N) is 2. The van der Waals surface area contributed by atoms with Crippen molar-refractivity contribution in [2.24, 2.45) is 7.05 Å². The molecule has 1 aliphatic rings. The predicted octanol–water partition coefficient (Wildman–Crippen LogP) is 2.06. The summed E-state index contributed by atoms with van der Waals surface area (Å²) in [7, 11) is 1.99. The van der Waals surface area contributed by atoms with Crippen molar-refractivity contribution < 1.29 is 0 Å². The normalized spacial score (nSPS) is 26.0. The average molecular weight is 207 g/mol. The SMILES string of the molecule is CCCNC1CCC(c2ccn(C)n2)C1. The lowest BCUT2D eigenvalue weighted by atomic mass is 10.0. The van der Waals surface area contributed by atoms with Gasteiger partial charge in [-0.25, -0.2) is 0 Å². The van der Waals surface area contributed by atoms with Gasteiger partial charge in [-0.3, -0.25) is 4.68 Å². The highest BCUT2D eigenvalue weighted by molar-refractivity contribution is 5.09. The molecule has 1 saturated carbocycles. The van der Waals surface area contributed by atoms with Gasteiger partial charge in [-0.15, -0.1) is 0 Å². The van der Waals surface area contributed by atoms with Crippen LogP contribution in [-0.2, 0) is 7.05 Å². The smallest absolute Gasteiger partial charge is 0.0655 e. The summed E-state index contributed by atoms with van der Waals surface area (Å²) in [6, 6.07) is 2.88. The molecule has 84 valence electrons. The Morgan fingerprint density at radius 1 is 1.53 bits per heavy atom. The topological polar surface area (TPSA) is 29.9 Å². The molecule has 1 N–H and O–H groups in total. The fraction of sp³-hybridized carbons (Fsp3) is 0.750. The van der Waals surface area contributed by atoms with Crippen LogP contribution in [0.2, 0.25) is 0 Å². The zero-order valence-corrected chi connectivity index (χ0v) is 9.74. The molecular formula is C12H21N3. The van der Waals surface area contributed by atoms with E-state index >= 15 is 0 Å². The van der Waals surface area contributed by atoms with Gasteiger partial charge in [-0.2, -0.15) is 5.10 Å². The van der Waals surface area contributed by atoms with Crippen molar-refractivity contribution >= 4 is 0 Å². The second kappa shape index (κ2) is 4.79. The highest BCUT2D eigenvalue weighted by Gasteiger charge is 2.26. The standard InChI is InChI=1S/C12H21N3/c1-3-7-13-11-5-4-10(9-11)12-6-8-15(2)14-12/h6,8,10-11,13H,3-5,7,9H2,1-2H3. The van der Waals surface area contributed by atoms with Crippen molar-refractivity contribution in [1.82, 2.24) is 15.1 Å². The van der Waals surface area contributed by atoms with Crippen LogP contribution in [0.4, 0.5) is 0 Å². The van der Waals surface area contributed by atoms with Crippen LogP contribution in [0, 0.1) is 0 Å². The average Bonchev–Trinajstić information content (AvgIpc) is 2.83. The first-order valence-electron chi connectivity index (χ1n) is 6.02. The van der Waals surface area contributed by atoms with Crippen LogP contribution < -0.4 is 5.32 Å². The maximum atomic E-state index is 4.50. The lowest BCUT2D eigenvalue weighted by Crippen LogP contribution is -2.26. The zero-order chi connectivity index (χ0) is 10.7. The molecule has 2 unspecified atom stereocenters. The van der Waals surface area contributed by atoms with Crippen molar-refractivity contribution in [3.63, 3.8) is 0 Å². The second-order valence-corrected chi connectivity index (χ2v) is 4.58. The number of aromatic nitrogens is 2. The van der Waals surface area contributed by atoms with Crippen molar-refractivity contribution in [2.75, 3.05) is 6.54 Å². The third kappa shape index (κ3) is 2.59. The maximum Gasteiger partial charge on any atom is 0.0655 e. The lowest BCUT2D eigenvalue weighted by molar-refractivity contribution is 0.514. The maximum absolute atomic E-state index is 4.50. The largest absolute Gasteiger partial charge is 0.314 e. The summed E-state index contributed by atoms with van der Waals surface area (Å²) in [5.41, 5.74) is 1.28. The van der Waals surface area contributed by atoms with E-state index in [-0.39, 0.29) is 0 Å². The van der Waals surface area contributed by atoms with E-state index in [0.29, 0.717) is 5.92 Å². The van der Waals surface area contributed by atoms with Gasteiger partial charge >= 0.3 is 0 Å². The summed E-state index contributed by atoms with van der Waals surface area (Å²) in [6.45, 7) is 3.37. The van der Waals surface area contributed by atoms with Gasteiger partial charge in [0.15, 0.2) is 0 Å². The molecule has 0 spiro atoms. The Morgan fingerprint density at radius 2 is 2.40 bits per heavy atom. The molecule has 2 rings (SSSR count). The Labute approximate surface area is 91.9 Å². The highest BCUT2D eigenvalue weighted by Crippen LogP contribution is 2.33. The third-order valence-electron chi connectivity index (χ3n) is 3.27. The molecular weight excluding hydrogens is 186 g/mol. The van der Waals surface area contributed by atoms with E-state index in [2.05, 4.69) is 23.4 Å². The van der Waals surface area contributed by atoms with E-state index in [1.54, 1.807) is 0 Å². The number of hydrogen-bond donors (Lipinski definition) is 1. The fourth-order valence-corrected chi connectivity index (χ4v) is 2.43. The molecule has 2 atom stereocenters. The molecule has 1 aliphatic carbocycles. The van der Waals surface area contributed by atoms with Crippen LogP contribution in [-0.4, -0.2) is 22.4 Å². The molecule has 0 radical (unpaired) electrons. The quantitative estimate of drug-likeness (QED) is 0.819. The second-order valence-electron chi connectivity index (χ2n) is 4.58. The van der Waals surface area contributed by atoms with Gasteiger partial charge in [0.2, 0.25) is 0 Å². The van der Waals surface area contributed by atoms with E-state index < -0.39 is 0 Å². The van der Waals surface area contributed by atoms with Crippen LogP contribution in [0.25, 0.3) is 0 Å². The fourth-order valence-electron chi connectivity index (χ4n) is 2.43. The highest BCUT2D eigenvalue weighted by atomic mass is 15.2. The van der Waals surface area contributed by atoms with E-state index in [0.717, 1.165) is 12.6 Å². The van der Waals surface area contributed by atoms with Gasteiger partial charge in [-0.05, 0) is 38.3 Å². The van der Waals surface area contributed by atoms with Crippen molar-refractivity contribution in [3.8, 4) is 0 Å². The summed E-state index contributed by atoms with van der Waals surface area (Å²) in [5.74, 6) is 0.681. The summed E-state index contributed by atoms with van der Waals surface area (Å²) in [6.07, 6.45) is 7.13. The van der Waals surface area contributed by atoms with Crippen LogP contribution in [0.5, 0.6) is 0 Å². The number of aryl methyl sites for hydroxylation is 1. The Morgan fingerprint density at radius 3 is 3.07 bits per heavy atom. The molecule has 1 aromatic heterocycles. The molecule has 0 aromatic carbocycles. The summed E-state index contributed by atoms with van der Waals surface area (Å²) >= 11 is 0. The molecule has 3 nitrogen and oxygen atoms in total. The molecule has 1 heterocycles. The van der Waals surface area contributed by atoms with Crippen molar-refractivity contribution in [1.29, 1.82) is 0 Å². The first-order chi connectivity index (χ1) is 7.29. The van der Waals surface area contributed by atoms with E-state index in [9.17, 15) is 0 Å². The van der Waals surface area contributed by atoms with Crippen LogP contribution in [0.3, 0.4) is 0 Å². The predicted molar refractivity (Wildman–Crippen MR) is 61.9 cm³/mol. The van der Waals surface area contributed by atoms with Crippen LogP contribution >= 0.6 is 0 Å². The Balaban J connectivity index is 1.87.